The van der Waals surface area contributed by atoms with E-state index in [-0.39, 0.29) is 6.10 Å². The van der Waals surface area contributed by atoms with Crippen LogP contribution in [0.1, 0.15) is 32.3 Å². The van der Waals surface area contributed by atoms with Crippen LogP contribution < -0.4 is 4.74 Å². The molecule has 0 heterocycles. The molecule has 1 nitrogen and oxygen atoms in total. The summed E-state index contributed by atoms with van der Waals surface area (Å²) in [6, 6.07) is 5.62. The molecule has 1 aromatic rings. The number of alkyl halides is 1. The van der Waals surface area contributed by atoms with Crippen molar-refractivity contribution in [1.29, 1.82) is 0 Å². The van der Waals surface area contributed by atoms with Gasteiger partial charge >= 0.3 is 0 Å². The van der Waals surface area contributed by atoms with Gasteiger partial charge in [0.2, 0.25) is 0 Å². The maximum Gasteiger partial charge on any atom is 0.125 e. The van der Waals surface area contributed by atoms with E-state index in [0.717, 1.165) is 24.2 Å². The predicted molar refractivity (Wildman–Crippen MR) is 66.0 cm³/mol. The molecule has 0 fully saturated rings. The molecule has 1 unspecified atom stereocenters. The molecule has 0 spiro atoms. The Morgan fingerprint density at radius 3 is 2.73 bits per heavy atom. The van der Waals surface area contributed by atoms with Crippen molar-refractivity contribution in [2.45, 2.75) is 38.7 Å². The lowest BCUT2D eigenvalue weighted by atomic mass is 10.2. The van der Waals surface area contributed by atoms with Crippen molar-refractivity contribution in [2.24, 2.45) is 0 Å². The molecular weight excluding hydrogens is 231 g/mol. The van der Waals surface area contributed by atoms with Crippen LogP contribution in [0.2, 0.25) is 5.02 Å². The normalized spacial score (nSPS) is 12.5. The molecule has 0 N–H and O–H groups in total. The summed E-state index contributed by atoms with van der Waals surface area (Å²) in [5, 5.41) is 0.672. The number of hydrogen-bond donors (Lipinski definition) is 0. The van der Waals surface area contributed by atoms with Crippen LogP contribution in [0.4, 0.5) is 0 Å². The van der Waals surface area contributed by atoms with Gasteiger partial charge < -0.3 is 4.74 Å². The van der Waals surface area contributed by atoms with Gasteiger partial charge in [0.25, 0.3) is 0 Å². The van der Waals surface area contributed by atoms with E-state index in [1.807, 2.05) is 18.2 Å². The maximum absolute atomic E-state index is 6.03. The van der Waals surface area contributed by atoms with Gasteiger partial charge in [0.05, 0.1) is 12.0 Å². The molecule has 0 aliphatic carbocycles. The minimum Gasteiger partial charge on any atom is -0.490 e. The smallest absolute Gasteiger partial charge is 0.125 e. The largest absolute Gasteiger partial charge is 0.490 e. The van der Waals surface area contributed by atoms with Crippen molar-refractivity contribution in [1.82, 2.24) is 0 Å². The van der Waals surface area contributed by atoms with E-state index in [1.165, 1.54) is 0 Å². The Kier molecular flexibility index (Phi) is 5.27. The average molecular weight is 247 g/mol. The molecule has 3 heteroatoms. The predicted octanol–water partition coefficient (Wildman–Crippen LogP) is 4.65. The van der Waals surface area contributed by atoms with Crippen LogP contribution in [0, 0.1) is 0 Å². The van der Waals surface area contributed by atoms with Crippen LogP contribution in [-0.4, -0.2) is 6.10 Å². The third-order valence-corrected chi connectivity index (χ3v) is 2.85. The first-order valence-electron chi connectivity index (χ1n) is 5.19. The Morgan fingerprint density at radius 2 is 2.13 bits per heavy atom. The van der Waals surface area contributed by atoms with Crippen LogP contribution in [0.15, 0.2) is 18.2 Å². The quantitative estimate of drug-likeness (QED) is 0.688. The van der Waals surface area contributed by atoms with Crippen molar-refractivity contribution in [3.05, 3.63) is 28.8 Å². The zero-order valence-electron chi connectivity index (χ0n) is 9.09. The molecule has 1 aromatic carbocycles. The minimum atomic E-state index is 0.204. The van der Waals surface area contributed by atoms with E-state index < -0.39 is 0 Å². The molecular formula is C12H16Cl2O. The first-order valence-corrected chi connectivity index (χ1v) is 6.10. The molecule has 0 amide bonds. The highest BCUT2D eigenvalue weighted by atomic mass is 35.5. The summed E-state index contributed by atoms with van der Waals surface area (Å²) >= 11 is 11.9. The first kappa shape index (κ1) is 12.7. The fourth-order valence-corrected chi connectivity index (χ4v) is 2.04. The fraction of sp³-hybridized carbons (Fsp3) is 0.500. The first-order chi connectivity index (χ1) is 7.19. The van der Waals surface area contributed by atoms with Gasteiger partial charge in [0, 0.05) is 10.6 Å². The number of hydrogen-bond acceptors (Lipinski definition) is 1. The Morgan fingerprint density at radius 1 is 1.40 bits per heavy atom. The summed E-state index contributed by atoms with van der Waals surface area (Å²) in [4.78, 5) is 0. The summed E-state index contributed by atoms with van der Waals surface area (Å²) in [6.45, 7) is 4.20. The Labute approximate surface area is 101 Å². The highest BCUT2D eigenvalue weighted by Crippen LogP contribution is 2.29. The van der Waals surface area contributed by atoms with Gasteiger partial charge in [-0.3, -0.25) is 0 Å². The number of benzene rings is 1. The highest BCUT2D eigenvalue weighted by Gasteiger charge is 2.09. The van der Waals surface area contributed by atoms with Crippen LogP contribution in [0.25, 0.3) is 0 Å². The second kappa shape index (κ2) is 6.24. The lowest BCUT2D eigenvalue weighted by Crippen LogP contribution is -2.12. The van der Waals surface area contributed by atoms with Crippen LogP contribution in [0.5, 0.6) is 5.75 Å². The molecule has 0 radical (unpaired) electrons. The topological polar surface area (TPSA) is 9.23 Å². The molecule has 0 saturated heterocycles. The Bertz CT molecular complexity index is 312. The fourth-order valence-electron chi connectivity index (χ4n) is 1.46. The van der Waals surface area contributed by atoms with E-state index in [4.69, 9.17) is 27.9 Å². The minimum absolute atomic E-state index is 0.204. The van der Waals surface area contributed by atoms with Crippen molar-refractivity contribution >= 4 is 23.2 Å². The van der Waals surface area contributed by atoms with Crippen LogP contribution in [-0.2, 0) is 5.88 Å². The molecule has 0 bridgehead atoms. The summed E-state index contributed by atoms with van der Waals surface area (Å²) in [7, 11) is 0. The van der Waals surface area contributed by atoms with E-state index in [1.54, 1.807) is 0 Å². The molecule has 15 heavy (non-hydrogen) atoms. The number of rotatable bonds is 5. The Hall–Kier alpha value is -0.400. The third-order valence-electron chi connectivity index (χ3n) is 2.23. The molecule has 0 saturated carbocycles. The maximum atomic E-state index is 6.03. The number of ether oxygens (including phenoxy) is 1. The molecule has 1 atom stereocenters. The molecule has 0 aliphatic rings. The highest BCUT2D eigenvalue weighted by molar-refractivity contribution is 6.32. The second-order valence-electron chi connectivity index (χ2n) is 3.57. The summed E-state index contributed by atoms with van der Waals surface area (Å²) in [5.41, 5.74) is 0.879. The van der Waals surface area contributed by atoms with E-state index in [0.29, 0.717) is 10.9 Å². The van der Waals surface area contributed by atoms with Gasteiger partial charge in [-0.05, 0) is 25.5 Å². The van der Waals surface area contributed by atoms with Gasteiger partial charge in [0.1, 0.15) is 5.75 Å². The lowest BCUT2D eigenvalue weighted by molar-refractivity contribution is 0.208. The SMILES string of the molecule is CCCC(C)Oc1cccc(Cl)c1CCl. The van der Waals surface area contributed by atoms with Crippen LogP contribution in [0.3, 0.4) is 0 Å². The zero-order chi connectivity index (χ0) is 11.3. The average Bonchev–Trinajstić information content (AvgIpc) is 2.18. The summed E-state index contributed by atoms with van der Waals surface area (Å²) < 4.78 is 5.79. The van der Waals surface area contributed by atoms with Gasteiger partial charge in [0.15, 0.2) is 0 Å². The van der Waals surface area contributed by atoms with E-state index in [2.05, 4.69) is 13.8 Å². The monoisotopic (exact) mass is 246 g/mol. The number of halogens is 2. The van der Waals surface area contributed by atoms with Crippen molar-refractivity contribution in [3.63, 3.8) is 0 Å². The standard InChI is InChI=1S/C12H16Cl2O/c1-3-5-9(2)15-12-7-4-6-11(14)10(12)8-13/h4,6-7,9H,3,5,8H2,1-2H3. The summed E-state index contributed by atoms with van der Waals surface area (Å²) in [6.07, 6.45) is 2.35. The molecule has 0 aliphatic heterocycles. The van der Waals surface area contributed by atoms with Crippen LogP contribution >= 0.6 is 23.2 Å². The third kappa shape index (κ3) is 3.58. The lowest BCUT2D eigenvalue weighted by Gasteiger charge is -2.16. The molecule has 0 aromatic heterocycles. The zero-order valence-corrected chi connectivity index (χ0v) is 10.6. The molecule has 1 rings (SSSR count). The van der Waals surface area contributed by atoms with Gasteiger partial charge in [-0.2, -0.15) is 0 Å². The van der Waals surface area contributed by atoms with E-state index in [9.17, 15) is 0 Å². The van der Waals surface area contributed by atoms with Gasteiger partial charge in [-0.15, -0.1) is 11.6 Å². The van der Waals surface area contributed by atoms with Gasteiger partial charge in [-0.1, -0.05) is 31.0 Å². The van der Waals surface area contributed by atoms with Crippen molar-refractivity contribution < 1.29 is 4.74 Å². The van der Waals surface area contributed by atoms with E-state index >= 15 is 0 Å². The Balaban J connectivity index is 2.80. The van der Waals surface area contributed by atoms with Gasteiger partial charge in [-0.25, -0.2) is 0 Å². The molecule has 84 valence electrons. The summed E-state index contributed by atoms with van der Waals surface area (Å²) in [5.74, 6) is 1.19. The van der Waals surface area contributed by atoms with Crippen molar-refractivity contribution in [2.75, 3.05) is 0 Å². The van der Waals surface area contributed by atoms with Crippen molar-refractivity contribution in [3.8, 4) is 5.75 Å². The second-order valence-corrected chi connectivity index (χ2v) is 4.24.